The molecule has 0 heterocycles. The van der Waals surface area contributed by atoms with E-state index in [4.69, 9.17) is 0 Å². The number of halogens is 4. The summed E-state index contributed by atoms with van der Waals surface area (Å²) in [6.45, 7) is 9.09. The molecule has 0 saturated carbocycles. The Balaban J connectivity index is 0. The second kappa shape index (κ2) is 9.66. The van der Waals surface area contributed by atoms with E-state index < -0.39 is 12.6 Å². The van der Waals surface area contributed by atoms with E-state index in [1.54, 1.807) is 0 Å². The lowest BCUT2D eigenvalue weighted by Gasteiger charge is -2.23. The van der Waals surface area contributed by atoms with Gasteiger partial charge in [0, 0.05) is 25.0 Å². The van der Waals surface area contributed by atoms with Crippen molar-refractivity contribution in [3.8, 4) is 0 Å². The number of hydrogen-bond donors (Lipinski definition) is 2. The Labute approximate surface area is 130 Å². The maximum atomic E-state index is 11.9. The van der Waals surface area contributed by atoms with E-state index in [1.807, 2.05) is 27.7 Å². The van der Waals surface area contributed by atoms with E-state index in [0.29, 0.717) is 18.9 Å². The molecule has 0 unspecified atom stereocenters. The predicted octanol–water partition coefficient (Wildman–Crippen LogP) is 3.69. The number of aliphatic imine (C=N–C) groups is 1. The highest BCUT2D eigenvalue weighted by Gasteiger charge is 2.25. The van der Waals surface area contributed by atoms with Crippen molar-refractivity contribution in [1.29, 1.82) is 0 Å². The van der Waals surface area contributed by atoms with Crippen LogP contribution in [0, 0.1) is 0 Å². The van der Waals surface area contributed by atoms with Gasteiger partial charge in [-0.2, -0.15) is 13.2 Å². The molecule has 0 rings (SSSR count). The Hall–Kier alpha value is -0.210. The molecule has 2 N–H and O–H groups in total. The molecule has 0 aromatic heterocycles. The van der Waals surface area contributed by atoms with Gasteiger partial charge in [0.05, 0.1) is 0 Å². The van der Waals surface area contributed by atoms with Gasteiger partial charge in [-0.3, -0.25) is 4.99 Å². The minimum Gasteiger partial charge on any atom is -0.357 e. The predicted molar refractivity (Wildman–Crippen MR) is 84.2 cm³/mol. The molecule has 0 amide bonds. The van der Waals surface area contributed by atoms with Gasteiger partial charge in [0.1, 0.15) is 0 Å². The standard InChI is InChI=1S/C12H24F3N3.HI/c1-5-16-10(18-11(2,3)4)17-9-7-6-8-12(13,14)15;/h5-9H2,1-4H3,(H2,16,17,18);1H. The van der Waals surface area contributed by atoms with Gasteiger partial charge in [0.15, 0.2) is 5.96 Å². The topological polar surface area (TPSA) is 36.4 Å². The summed E-state index contributed by atoms with van der Waals surface area (Å²) in [6.07, 6.45) is -4.22. The quantitative estimate of drug-likeness (QED) is 0.323. The van der Waals surface area contributed by atoms with Crippen LogP contribution < -0.4 is 10.6 Å². The van der Waals surface area contributed by atoms with Crippen LogP contribution in [-0.2, 0) is 0 Å². The van der Waals surface area contributed by atoms with Gasteiger partial charge in [-0.05, 0) is 40.5 Å². The van der Waals surface area contributed by atoms with E-state index in [1.165, 1.54) is 0 Å². The summed E-state index contributed by atoms with van der Waals surface area (Å²) in [6, 6.07) is 0. The van der Waals surface area contributed by atoms with Crippen LogP contribution in [0.5, 0.6) is 0 Å². The third-order valence-corrected chi connectivity index (χ3v) is 1.98. The van der Waals surface area contributed by atoms with E-state index in [2.05, 4.69) is 15.6 Å². The lowest BCUT2D eigenvalue weighted by Crippen LogP contribution is -2.47. The smallest absolute Gasteiger partial charge is 0.357 e. The molecule has 0 aliphatic carbocycles. The largest absolute Gasteiger partial charge is 0.389 e. The minimum absolute atomic E-state index is 0. The summed E-state index contributed by atoms with van der Waals surface area (Å²) in [5.41, 5.74) is -0.118. The van der Waals surface area contributed by atoms with Crippen molar-refractivity contribution in [2.24, 2.45) is 4.99 Å². The molecule has 0 aliphatic rings. The molecular weight excluding hydrogens is 370 g/mol. The third-order valence-electron chi connectivity index (χ3n) is 1.98. The van der Waals surface area contributed by atoms with E-state index in [9.17, 15) is 13.2 Å². The average molecular weight is 395 g/mol. The molecular formula is C12H25F3IN3. The van der Waals surface area contributed by atoms with Gasteiger partial charge in [0.2, 0.25) is 0 Å². The number of nitrogens with zero attached hydrogens (tertiary/aromatic N) is 1. The van der Waals surface area contributed by atoms with Crippen LogP contribution in [0.4, 0.5) is 13.2 Å². The molecule has 0 spiro atoms. The lowest BCUT2D eigenvalue weighted by molar-refractivity contribution is -0.135. The second-order valence-electron chi connectivity index (χ2n) is 5.21. The Morgan fingerprint density at radius 1 is 1.11 bits per heavy atom. The normalized spacial score (nSPS) is 12.9. The Morgan fingerprint density at radius 2 is 1.68 bits per heavy atom. The van der Waals surface area contributed by atoms with Crippen LogP contribution in [0.15, 0.2) is 4.99 Å². The molecule has 7 heteroatoms. The zero-order chi connectivity index (χ0) is 14.2. The van der Waals surface area contributed by atoms with Gasteiger partial charge in [-0.15, -0.1) is 24.0 Å². The van der Waals surface area contributed by atoms with Crippen LogP contribution in [0.2, 0.25) is 0 Å². The Bertz CT molecular complexity index is 260. The van der Waals surface area contributed by atoms with Crippen molar-refractivity contribution in [3.63, 3.8) is 0 Å². The van der Waals surface area contributed by atoms with E-state index in [0.717, 1.165) is 6.54 Å². The van der Waals surface area contributed by atoms with Gasteiger partial charge >= 0.3 is 6.18 Å². The first kappa shape index (κ1) is 21.1. The number of nitrogens with one attached hydrogen (secondary N) is 2. The van der Waals surface area contributed by atoms with Crippen LogP contribution in [0.3, 0.4) is 0 Å². The first-order chi connectivity index (χ1) is 8.14. The van der Waals surface area contributed by atoms with Gasteiger partial charge < -0.3 is 10.6 Å². The van der Waals surface area contributed by atoms with Crippen molar-refractivity contribution in [2.75, 3.05) is 13.1 Å². The van der Waals surface area contributed by atoms with Gasteiger partial charge in [-0.1, -0.05) is 0 Å². The van der Waals surface area contributed by atoms with Crippen LogP contribution in [0.25, 0.3) is 0 Å². The molecule has 0 atom stereocenters. The molecule has 19 heavy (non-hydrogen) atoms. The molecule has 116 valence electrons. The molecule has 0 saturated heterocycles. The molecule has 0 aliphatic heterocycles. The molecule has 0 fully saturated rings. The zero-order valence-corrected chi connectivity index (χ0v) is 14.4. The summed E-state index contributed by atoms with van der Waals surface area (Å²) < 4.78 is 35.8. The minimum atomic E-state index is -4.06. The fourth-order valence-electron chi connectivity index (χ4n) is 1.29. The van der Waals surface area contributed by atoms with Gasteiger partial charge in [0.25, 0.3) is 0 Å². The van der Waals surface area contributed by atoms with Crippen LogP contribution in [0.1, 0.15) is 47.0 Å². The zero-order valence-electron chi connectivity index (χ0n) is 12.0. The number of guanidine groups is 1. The summed E-state index contributed by atoms with van der Waals surface area (Å²) >= 11 is 0. The van der Waals surface area contributed by atoms with Crippen molar-refractivity contribution in [2.45, 2.75) is 58.7 Å². The SMILES string of the molecule is CCNC(=NCCCCC(F)(F)F)NC(C)(C)C.I. The number of unbranched alkanes of at least 4 members (excludes halogenated alkanes) is 1. The van der Waals surface area contributed by atoms with Crippen molar-refractivity contribution in [3.05, 3.63) is 0 Å². The van der Waals surface area contributed by atoms with Crippen LogP contribution >= 0.6 is 24.0 Å². The molecule has 0 bridgehead atoms. The maximum Gasteiger partial charge on any atom is 0.389 e. The Morgan fingerprint density at radius 3 is 2.11 bits per heavy atom. The first-order valence-electron chi connectivity index (χ1n) is 6.27. The molecule has 0 aromatic rings. The summed E-state index contributed by atoms with van der Waals surface area (Å²) in [5.74, 6) is 0.650. The average Bonchev–Trinajstić information content (AvgIpc) is 2.13. The van der Waals surface area contributed by atoms with E-state index >= 15 is 0 Å². The molecule has 0 radical (unpaired) electrons. The first-order valence-corrected chi connectivity index (χ1v) is 6.27. The lowest BCUT2D eigenvalue weighted by atomic mass is 10.1. The maximum absolute atomic E-state index is 11.9. The van der Waals surface area contributed by atoms with Crippen molar-refractivity contribution < 1.29 is 13.2 Å². The highest BCUT2D eigenvalue weighted by molar-refractivity contribution is 14.0. The van der Waals surface area contributed by atoms with Crippen molar-refractivity contribution in [1.82, 2.24) is 10.6 Å². The molecule has 3 nitrogen and oxygen atoms in total. The Kier molecular flexibility index (Phi) is 10.7. The fraction of sp³-hybridized carbons (Fsp3) is 0.917. The fourth-order valence-corrected chi connectivity index (χ4v) is 1.29. The van der Waals surface area contributed by atoms with Gasteiger partial charge in [-0.25, -0.2) is 0 Å². The summed E-state index contributed by atoms with van der Waals surface area (Å²) in [7, 11) is 0. The summed E-state index contributed by atoms with van der Waals surface area (Å²) in [4.78, 5) is 4.25. The number of alkyl halides is 3. The highest BCUT2D eigenvalue weighted by atomic mass is 127. The monoisotopic (exact) mass is 395 g/mol. The third kappa shape index (κ3) is 15.7. The van der Waals surface area contributed by atoms with Crippen molar-refractivity contribution >= 4 is 29.9 Å². The molecule has 0 aromatic carbocycles. The number of rotatable bonds is 5. The summed E-state index contributed by atoms with van der Waals surface area (Å²) in [5, 5.41) is 6.24. The highest BCUT2D eigenvalue weighted by Crippen LogP contribution is 2.21. The number of hydrogen-bond acceptors (Lipinski definition) is 1. The second-order valence-corrected chi connectivity index (χ2v) is 5.21. The van der Waals surface area contributed by atoms with E-state index in [-0.39, 0.29) is 35.9 Å². The van der Waals surface area contributed by atoms with Crippen LogP contribution in [-0.4, -0.2) is 30.8 Å².